The molecular formula is C12H12S3. The van der Waals surface area contributed by atoms with E-state index >= 15 is 0 Å². The molecule has 15 heavy (non-hydrogen) atoms. The lowest BCUT2D eigenvalue weighted by Gasteiger charge is -2.05. The van der Waals surface area contributed by atoms with Gasteiger partial charge in [0.15, 0.2) is 0 Å². The second-order valence-electron chi connectivity index (χ2n) is 3.29. The number of rotatable bonds is 2. The van der Waals surface area contributed by atoms with E-state index in [1.807, 2.05) is 11.8 Å². The van der Waals surface area contributed by atoms with Crippen LogP contribution >= 0.6 is 35.3 Å². The molecule has 0 aromatic heterocycles. The summed E-state index contributed by atoms with van der Waals surface area (Å²) in [5, 5.41) is 0. The molecule has 0 nitrogen and oxygen atoms in total. The summed E-state index contributed by atoms with van der Waals surface area (Å²) in [7, 11) is 0. The lowest BCUT2D eigenvalue weighted by molar-refractivity contribution is 1.31. The number of allylic oxidation sites excluding steroid dienone is 1. The van der Waals surface area contributed by atoms with Crippen molar-refractivity contribution >= 4 is 35.3 Å². The van der Waals surface area contributed by atoms with E-state index in [-0.39, 0.29) is 0 Å². The van der Waals surface area contributed by atoms with Crippen LogP contribution in [0.3, 0.4) is 0 Å². The van der Waals surface area contributed by atoms with Gasteiger partial charge >= 0.3 is 0 Å². The molecule has 0 spiro atoms. The van der Waals surface area contributed by atoms with E-state index in [1.165, 1.54) is 23.8 Å². The molecule has 3 heteroatoms. The fraction of sp³-hybridized carbons (Fsp3) is 0.167. The first-order valence-corrected chi connectivity index (χ1v) is 7.11. The van der Waals surface area contributed by atoms with Gasteiger partial charge < -0.3 is 0 Å². The summed E-state index contributed by atoms with van der Waals surface area (Å²) < 4.78 is 2.56. The van der Waals surface area contributed by atoms with Gasteiger partial charge in [-0.1, -0.05) is 60.1 Å². The summed E-state index contributed by atoms with van der Waals surface area (Å²) in [4.78, 5) is 2.72. The molecule has 2 rings (SSSR count). The molecular weight excluding hydrogens is 240 g/mol. The van der Waals surface area contributed by atoms with Gasteiger partial charge in [-0.25, -0.2) is 0 Å². The third-order valence-corrected chi connectivity index (χ3v) is 5.94. The summed E-state index contributed by atoms with van der Waals surface area (Å²) in [5.41, 5.74) is 1.34. The predicted octanol–water partition coefficient (Wildman–Crippen LogP) is 5.23. The van der Waals surface area contributed by atoms with Crippen LogP contribution in [0.4, 0.5) is 0 Å². The van der Waals surface area contributed by atoms with E-state index in [2.05, 4.69) is 44.7 Å². The number of aryl methyl sites for hydroxylation is 1. The molecule has 0 radical (unpaired) electrons. The maximum absolute atomic E-state index is 3.99. The van der Waals surface area contributed by atoms with E-state index in [9.17, 15) is 0 Å². The second kappa shape index (κ2) is 4.73. The highest BCUT2D eigenvalue weighted by Gasteiger charge is 2.17. The first kappa shape index (κ1) is 11.2. The van der Waals surface area contributed by atoms with E-state index in [4.69, 9.17) is 0 Å². The van der Waals surface area contributed by atoms with Crippen molar-refractivity contribution in [3.8, 4) is 0 Å². The third kappa shape index (κ3) is 2.65. The second-order valence-corrected chi connectivity index (χ2v) is 7.27. The van der Waals surface area contributed by atoms with Gasteiger partial charge in [-0.15, -0.1) is 0 Å². The molecule has 1 aliphatic rings. The van der Waals surface area contributed by atoms with Crippen molar-refractivity contribution in [2.45, 2.75) is 18.7 Å². The highest BCUT2D eigenvalue weighted by Crippen LogP contribution is 2.54. The molecule has 0 saturated carbocycles. The van der Waals surface area contributed by atoms with Crippen molar-refractivity contribution in [2.24, 2.45) is 0 Å². The lowest BCUT2D eigenvalue weighted by atomic mass is 10.2. The molecule has 0 atom stereocenters. The van der Waals surface area contributed by atoms with Crippen LogP contribution in [-0.4, -0.2) is 0 Å². The molecule has 1 aromatic carbocycles. The monoisotopic (exact) mass is 252 g/mol. The summed E-state index contributed by atoms with van der Waals surface area (Å²) in [5.74, 6) is 0. The molecule has 0 bridgehead atoms. The topological polar surface area (TPSA) is 0 Å². The number of benzene rings is 1. The van der Waals surface area contributed by atoms with Crippen LogP contribution < -0.4 is 0 Å². The van der Waals surface area contributed by atoms with Crippen LogP contribution in [-0.2, 0) is 0 Å². The Labute approximate surface area is 104 Å². The zero-order valence-corrected chi connectivity index (χ0v) is 11.2. The van der Waals surface area contributed by atoms with Gasteiger partial charge in [-0.2, -0.15) is 0 Å². The highest BCUT2D eigenvalue weighted by molar-refractivity contribution is 8.35. The minimum Gasteiger partial charge on any atom is -0.0863 e. The molecule has 0 unspecified atom stereocenters. The van der Waals surface area contributed by atoms with Crippen molar-refractivity contribution in [1.29, 1.82) is 0 Å². The fourth-order valence-electron chi connectivity index (χ4n) is 1.27. The average molecular weight is 252 g/mol. The molecule has 1 heterocycles. The largest absolute Gasteiger partial charge is 0.0863 e. The van der Waals surface area contributed by atoms with Crippen molar-refractivity contribution in [2.75, 3.05) is 0 Å². The summed E-state index contributed by atoms with van der Waals surface area (Å²) in [6, 6.07) is 8.50. The van der Waals surface area contributed by atoms with E-state index < -0.39 is 0 Å². The molecule has 1 aliphatic heterocycles. The van der Waals surface area contributed by atoms with Crippen LogP contribution in [0.25, 0.3) is 0 Å². The van der Waals surface area contributed by atoms with Gasteiger partial charge in [0.05, 0.1) is 4.24 Å². The van der Waals surface area contributed by atoms with Crippen LogP contribution in [0.5, 0.6) is 0 Å². The van der Waals surface area contributed by atoms with E-state index in [0.717, 1.165) is 0 Å². The van der Waals surface area contributed by atoms with Crippen LogP contribution in [0.1, 0.15) is 12.5 Å². The molecule has 1 aromatic rings. The van der Waals surface area contributed by atoms with Crippen LogP contribution in [0, 0.1) is 6.92 Å². The minimum atomic E-state index is 1.18. The number of thioether (sulfide) groups is 3. The zero-order valence-electron chi connectivity index (χ0n) is 8.74. The standard InChI is InChI=1S/C12H12S3/c1-8-6-4-5-7-11(8)15-12-9(2)13-10(3)14-12/h4-7H,3H2,1-2H3. The molecule has 0 fully saturated rings. The predicted molar refractivity (Wildman–Crippen MR) is 74.1 cm³/mol. The smallest absolute Gasteiger partial charge is 0.0599 e. The minimum absolute atomic E-state index is 1.18. The summed E-state index contributed by atoms with van der Waals surface area (Å²) in [6.07, 6.45) is 0. The van der Waals surface area contributed by atoms with Crippen molar-refractivity contribution in [3.63, 3.8) is 0 Å². The molecule has 0 aliphatic carbocycles. The molecule has 0 saturated heterocycles. The Balaban J connectivity index is 2.20. The summed E-state index contributed by atoms with van der Waals surface area (Å²) >= 11 is 5.42. The maximum Gasteiger partial charge on any atom is 0.0599 e. The quantitative estimate of drug-likeness (QED) is 0.707. The van der Waals surface area contributed by atoms with E-state index in [0.29, 0.717) is 0 Å². The molecule has 78 valence electrons. The van der Waals surface area contributed by atoms with Gasteiger partial charge in [-0.05, 0) is 25.5 Å². The van der Waals surface area contributed by atoms with Gasteiger partial charge in [-0.3, -0.25) is 0 Å². The van der Waals surface area contributed by atoms with E-state index in [1.54, 1.807) is 23.5 Å². The Bertz CT molecular complexity index is 432. The Morgan fingerprint density at radius 2 is 1.87 bits per heavy atom. The first-order valence-electron chi connectivity index (χ1n) is 4.66. The van der Waals surface area contributed by atoms with Crippen molar-refractivity contribution in [1.82, 2.24) is 0 Å². The van der Waals surface area contributed by atoms with Gasteiger partial charge in [0.1, 0.15) is 0 Å². The molecule has 0 N–H and O–H groups in total. The third-order valence-electron chi connectivity index (χ3n) is 2.06. The van der Waals surface area contributed by atoms with Crippen LogP contribution in [0.2, 0.25) is 0 Å². The van der Waals surface area contributed by atoms with Gasteiger partial charge in [0.2, 0.25) is 0 Å². The van der Waals surface area contributed by atoms with Crippen LogP contribution in [0.15, 0.2) is 49.1 Å². The number of hydrogen-bond donors (Lipinski definition) is 0. The SMILES string of the molecule is C=C1SC(C)=C(Sc2ccccc2C)S1. The highest BCUT2D eigenvalue weighted by atomic mass is 32.2. The van der Waals surface area contributed by atoms with Gasteiger partial charge in [0, 0.05) is 14.0 Å². The van der Waals surface area contributed by atoms with Gasteiger partial charge in [0.25, 0.3) is 0 Å². The first-order chi connectivity index (χ1) is 7.16. The zero-order chi connectivity index (χ0) is 10.8. The fourth-order valence-corrected chi connectivity index (χ4v) is 4.95. The lowest BCUT2D eigenvalue weighted by Crippen LogP contribution is -1.77. The maximum atomic E-state index is 3.99. The Morgan fingerprint density at radius 3 is 2.47 bits per heavy atom. The van der Waals surface area contributed by atoms with Crippen molar-refractivity contribution in [3.05, 3.63) is 49.8 Å². The Morgan fingerprint density at radius 1 is 1.13 bits per heavy atom. The molecule has 0 amide bonds. The summed E-state index contributed by atoms with van der Waals surface area (Å²) in [6.45, 7) is 8.31. The Hall–Kier alpha value is -0.250. The Kier molecular flexibility index (Phi) is 3.54. The van der Waals surface area contributed by atoms with Crippen molar-refractivity contribution < 1.29 is 0 Å². The normalized spacial score (nSPS) is 16.3. The number of hydrogen-bond acceptors (Lipinski definition) is 3. The average Bonchev–Trinajstić information content (AvgIpc) is 2.49.